The first-order chi connectivity index (χ1) is 17.2. The molecule has 1 aliphatic carbocycles. The van der Waals surface area contributed by atoms with Crippen LogP contribution >= 0.6 is 0 Å². The van der Waals surface area contributed by atoms with E-state index in [1.54, 1.807) is 0 Å². The monoisotopic (exact) mass is 473 g/mol. The lowest BCUT2D eigenvalue weighted by molar-refractivity contribution is -0.128. The van der Waals surface area contributed by atoms with E-state index >= 15 is 0 Å². The number of nitrogens with one attached hydrogen (secondary N) is 1. The lowest BCUT2D eigenvalue weighted by atomic mass is 9.89. The van der Waals surface area contributed by atoms with E-state index < -0.39 is 0 Å². The van der Waals surface area contributed by atoms with Gasteiger partial charge < -0.3 is 15.0 Å². The van der Waals surface area contributed by atoms with Crippen molar-refractivity contribution in [2.24, 2.45) is 11.8 Å². The van der Waals surface area contributed by atoms with Gasteiger partial charge in [-0.2, -0.15) is 0 Å². The Morgan fingerprint density at radius 2 is 1.83 bits per heavy atom. The second-order valence-corrected chi connectivity index (χ2v) is 11.1. The Kier molecular flexibility index (Phi) is 6.55. The molecule has 1 saturated heterocycles. The Balaban J connectivity index is 1.06. The minimum absolute atomic E-state index is 0.0377. The molecule has 3 aliphatic heterocycles. The van der Waals surface area contributed by atoms with Gasteiger partial charge >= 0.3 is 0 Å². The quantitative estimate of drug-likeness (QED) is 0.664. The van der Waals surface area contributed by atoms with Gasteiger partial charge in [-0.15, -0.1) is 0 Å². The number of benzene rings is 2. The standard InChI is InChI=1S/C30H39N3O2/c1-2-13-33-20-24-6-4-3-5-23(24)17-27(33)30(34)31-29-25-9-10-26(29)19-32(18-25)14-11-21-7-8-22-12-15-35-28(22)16-21/h3-8,16,25-27,29H,2,9-15,17-20H2,1H3,(H,31,34). The van der Waals surface area contributed by atoms with Crippen molar-refractivity contribution in [1.29, 1.82) is 0 Å². The molecule has 1 amide bonds. The number of amides is 1. The molecule has 2 fully saturated rings. The smallest absolute Gasteiger partial charge is 0.237 e. The molecule has 3 heterocycles. The number of rotatable bonds is 7. The summed E-state index contributed by atoms with van der Waals surface area (Å²) in [5.74, 6) is 2.50. The van der Waals surface area contributed by atoms with Crippen molar-refractivity contribution in [2.45, 2.75) is 64.1 Å². The van der Waals surface area contributed by atoms with E-state index in [9.17, 15) is 4.79 Å². The summed E-state index contributed by atoms with van der Waals surface area (Å²) in [7, 11) is 0. The summed E-state index contributed by atoms with van der Waals surface area (Å²) in [6.07, 6.45) is 6.50. The highest BCUT2D eigenvalue weighted by Gasteiger charge is 2.44. The molecule has 6 rings (SSSR count). The van der Waals surface area contributed by atoms with Crippen LogP contribution in [-0.2, 0) is 30.6 Å². The van der Waals surface area contributed by atoms with Gasteiger partial charge in [-0.3, -0.25) is 9.69 Å². The highest BCUT2D eigenvalue weighted by molar-refractivity contribution is 5.83. The molecule has 4 aliphatic rings. The van der Waals surface area contributed by atoms with Crippen molar-refractivity contribution in [3.8, 4) is 5.75 Å². The normalized spacial score (nSPS) is 27.8. The fraction of sp³-hybridized carbons (Fsp3) is 0.567. The maximum atomic E-state index is 13.6. The van der Waals surface area contributed by atoms with Crippen LogP contribution in [-0.4, -0.2) is 60.6 Å². The first-order valence-electron chi connectivity index (χ1n) is 13.8. The third kappa shape index (κ3) is 4.73. The van der Waals surface area contributed by atoms with E-state index in [0.717, 1.165) is 70.8 Å². The average Bonchev–Trinajstić information content (AvgIpc) is 3.42. The van der Waals surface area contributed by atoms with Gasteiger partial charge in [0, 0.05) is 38.6 Å². The molecule has 186 valence electrons. The van der Waals surface area contributed by atoms with Gasteiger partial charge in [0.05, 0.1) is 12.6 Å². The Bertz CT molecular complexity index is 1060. The number of likely N-dealkylation sites (tertiary alicyclic amines) is 1. The molecule has 0 aromatic heterocycles. The molecular formula is C30H39N3O2. The highest BCUT2D eigenvalue weighted by atomic mass is 16.5. The number of carbonyl (C=O) groups is 1. The van der Waals surface area contributed by atoms with E-state index in [1.165, 1.54) is 35.1 Å². The Morgan fingerprint density at radius 3 is 2.63 bits per heavy atom. The van der Waals surface area contributed by atoms with Crippen molar-refractivity contribution in [3.63, 3.8) is 0 Å². The molecule has 3 unspecified atom stereocenters. The fourth-order valence-electron chi connectivity index (χ4n) is 7.01. The molecule has 0 spiro atoms. The summed E-state index contributed by atoms with van der Waals surface area (Å²) in [5, 5.41) is 3.57. The van der Waals surface area contributed by atoms with Gasteiger partial charge in [-0.25, -0.2) is 0 Å². The van der Waals surface area contributed by atoms with E-state index in [0.29, 0.717) is 17.9 Å². The topological polar surface area (TPSA) is 44.8 Å². The lowest BCUT2D eigenvalue weighted by Crippen LogP contribution is -2.58. The average molecular weight is 474 g/mol. The summed E-state index contributed by atoms with van der Waals surface area (Å²) in [4.78, 5) is 18.6. The number of fused-ring (bicyclic) bond motifs is 4. The Hall–Kier alpha value is -2.37. The van der Waals surface area contributed by atoms with Gasteiger partial charge in [0.2, 0.25) is 5.91 Å². The van der Waals surface area contributed by atoms with E-state index in [-0.39, 0.29) is 11.9 Å². The first-order valence-corrected chi connectivity index (χ1v) is 13.8. The van der Waals surface area contributed by atoms with Crippen LogP contribution in [0.2, 0.25) is 0 Å². The van der Waals surface area contributed by atoms with Gasteiger partial charge in [-0.1, -0.05) is 43.3 Å². The van der Waals surface area contributed by atoms with E-state index in [1.807, 2.05) is 0 Å². The van der Waals surface area contributed by atoms with Crippen LogP contribution in [0.1, 0.15) is 48.4 Å². The minimum atomic E-state index is -0.0377. The van der Waals surface area contributed by atoms with Crippen molar-refractivity contribution < 1.29 is 9.53 Å². The highest BCUT2D eigenvalue weighted by Crippen LogP contribution is 2.37. The summed E-state index contributed by atoms with van der Waals surface area (Å²) >= 11 is 0. The van der Waals surface area contributed by atoms with Crippen LogP contribution < -0.4 is 10.1 Å². The van der Waals surface area contributed by atoms with Crippen LogP contribution in [0.4, 0.5) is 0 Å². The van der Waals surface area contributed by atoms with Gasteiger partial charge in [0.1, 0.15) is 5.75 Å². The largest absolute Gasteiger partial charge is 0.493 e. The molecule has 1 N–H and O–H groups in total. The second-order valence-electron chi connectivity index (χ2n) is 11.1. The number of hydrogen-bond acceptors (Lipinski definition) is 4. The molecule has 3 atom stereocenters. The summed E-state index contributed by atoms with van der Waals surface area (Å²) < 4.78 is 5.76. The molecule has 0 radical (unpaired) electrons. The summed E-state index contributed by atoms with van der Waals surface area (Å²) in [5.41, 5.74) is 5.45. The van der Waals surface area contributed by atoms with Gasteiger partial charge in [0.25, 0.3) is 0 Å². The molecular weight excluding hydrogens is 434 g/mol. The number of piperidine rings is 1. The van der Waals surface area contributed by atoms with Crippen molar-refractivity contribution in [2.75, 3.05) is 32.8 Å². The predicted octanol–water partition coefficient (Wildman–Crippen LogP) is 3.83. The van der Waals surface area contributed by atoms with E-state index in [4.69, 9.17) is 4.74 Å². The molecule has 2 aromatic rings. The summed E-state index contributed by atoms with van der Waals surface area (Å²) in [6.45, 7) is 8.21. The SMILES string of the molecule is CCCN1Cc2ccccc2CC1C(=O)NC1C2CCC1CN(CCc1ccc3c(c1)OCC3)C2. The number of hydrogen-bond donors (Lipinski definition) is 1. The van der Waals surface area contributed by atoms with Crippen molar-refractivity contribution >= 4 is 5.91 Å². The summed E-state index contributed by atoms with van der Waals surface area (Å²) in [6, 6.07) is 15.7. The third-order valence-corrected chi connectivity index (χ3v) is 8.85. The van der Waals surface area contributed by atoms with Crippen LogP contribution in [0.15, 0.2) is 42.5 Å². The maximum absolute atomic E-state index is 13.6. The lowest BCUT2D eigenvalue weighted by Gasteiger charge is -2.41. The van der Waals surface area contributed by atoms with Crippen LogP contribution in [0.5, 0.6) is 5.75 Å². The molecule has 1 saturated carbocycles. The van der Waals surface area contributed by atoms with Crippen LogP contribution in [0.25, 0.3) is 0 Å². The second kappa shape index (κ2) is 9.94. The van der Waals surface area contributed by atoms with Gasteiger partial charge in [-0.05, 0) is 78.8 Å². The maximum Gasteiger partial charge on any atom is 0.237 e. The number of ether oxygens (including phenoxy) is 1. The molecule has 5 heteroatoms. The van der Waals surface area contributed by atoms with Gasteiger partial charge in [0.15, 0.2) is 0 Å². The van der Waals surface area contributed by atoms with Crippen molar-refractivity contribution in [1.82, 2.24) is 15.1 Å². The number of nitrogens with zero attached hydrogens (tertiary/aromatic N) is 2. The molecule has 2 bridgehead atoms. The minimum Gasteiger partial charge on any atom is -0.493 e. The zero-order valence-electron chi connectivity index (χ0n) is 21.0. The van der Waals surface area contributed by atoms with Crippen LogP contribution in [0.3, 0.4) is 0 Å². The molecule has 5 nitrogen and oxygen atoms in total. The Morgan fingerprint density at radius 1 is 1.03 bits per heavy atom. The predicted molar refractivity (Wildman–Crippen MR) is 139 cm³/mol. The van der Waals surface area contributed by atoms with Crippen molar-refractivity contribution in [3.05, 3.63) is 64.7 Å². The third-order valence-electron chi connectivity index (χ3n) is 8.85. The van der Waals surface area contributed by atoms with Crippen LogP contribution in [0, 0.1) is 11.8 Å². The number of carbonyl (C=O) groups excluding carboxylic acids is 1. The zero-order chi connectivity index (χ0) is 23.8. The van der Waals surface area contributed by atoms with E-state index in [2.05, 4.69) is 64.5 Å². The molecule has 35 heavy (non-hydrogen) atoms. The molecule has 2 aromatic carbocycles. The zero-order valence-corrected chi connectivity index (χ0v) is 21.0. The fourth-order valence-corrected chi connectivity index (χ4v) is 7.01. The first kappa shape index (κ1) is 23.1. The Labute approximate surface area is 209 Å².